The number of carbonyl (C=O) groups is 2. The van der Waals surface area contributed by atoms with E-state index in [0.29, 0.717) is 23.4 Å². The standard InChI is InChI=1S/C26H28N6O2/c1-5-7-20(17(3)6-2)26(34)31(16-33)15-24-22-12-19(8-9-21(22)18(4)29-30-24)23-13-28-32-11-10-27-14-25(23)32/h5-9,12-13,16,27,29H,1,4,10-11,14-15H2,2-3H3/b17-6-,20-7+. The van der Waals surface area contributed by atoms with Crippen molar-refractivity contribution in [2.45, 2.75) is 26.9 Å². The van der Waals surface area contributed by atoms with Crippen LogP contribution < -0.4 is 10.7 Å². The number of allylic oxidation sites excluding steroid dienone is 3. The number of aromatic nitrogens is 2. The van der Waals surface area contributed by atoms with Gasteiger partial charge in [0.2, 0.25) is 6.41 Å². The molecule has 3 heterocycles. The Labute approximate surface area is 199 Å². The number of benzene rings is 1. The minimum Gasteiger partial charge on any atom is -0.309 e. The van der Waals surface area contributed by atoms with Crippen LogP contribution in [0.25, 0.3) is 16.8 Å². The van der Waals surface area contributed by atoms with Gasteiger partial charge in [-0.05, 0) is 37.1 Å². The number of imide groups is 1. The highest BCUT2D eigenvalue weighted by Crippen LogP contribution is 2.30. The monoisotopic (exact) mass is 456 g/mol. The molecule has 0 radical (unpaired) electrons. The van der Waals surface area contributed by atoms with E-state index in [-0.39, 0.29) is 6.54 Å². The van der Waals surface area contributed by atoms with Crippen LogP contribution >= 0.6 is 0 Å². The number of fused-ring (bicyclic) bond motifs is 2. The third-order valence-corrected chi connectivity index (χ3v) is 6.11. The molecule has 1 aromatic carbocycles. The molecule has 0 saturated carbocycles. The zero-order chi connectivity index (χ0) is 24.2. The zero-order valence-corrected chi connectivity index (χ0v) is 19.5. The minimum absolute atomic E-state index is 0.0121. The van der Waals surface area contributed by atoms with Gasteiger partial charge in [0.25, 0.3) is 5.91 Å². The Morgan fingerprint density at radius 2 is 2.12 bits per heavy atom. The topological polar surface area (TPSA) is 91.6 Å². The second kappa shape index (κ2) is 9.84. The number of hydrazone groups is 1. The van der Waals surface area contributed by atoms with Crippen molar-refractivity contribution in [1.82, 2.24) is 25.4 Å². The predicted molar refractivity (Wildman–Crippen MR) is 134 cm³/mol. The maximum Gasteiger partial charge on any atom is 0.260 e. The summed E-state index contributed by atoms with van der Waals surface area (Å²) < 4.78 is 2.02. The molecule has 0 atom stereocenters. The summed E-state index contributed by atoms with van der Waals surface area (Å²) in [5.74, 6) is -0.410. The van der Waals surface area contributed by atoms with E-state index in [9.17, 15) is 9.59 Å². The van der Waals surface area contributed by atoms with Gasteiger partial charge in [0.1, 0.15) is 0 Å². The van der Waals surface area contributed by atoms with Crippen molar-refractivity contribution >= 4 is 23.7 Å². The number of hydrogen-bond acceptors (Lipinski definition) is 6. The number of nitrogens with one attached hydrogen (secondary N) is 2. The van der Waals surface area contributed by atoms with E-state index in [1.807, 2.05) is 49.0 Å². The Bertz CT molecular complexity index is 1260. The van der Waals surface area contributed by atoms with Crippen molar-refractivity contribution in [3.63, 3.8) is 0 Å². The van der Waals surface area contributed by atoms with Crippen molar-refractivity contribution in [1.29, 1.82) is 0 Å². The average molecular weight is 457 g/mol. The SMILES string of the molecule is C=C/C=C(C(=O)N(C=O)CC1=NNC(=C)c2ccc(-c3cnn4c3CNCC4)cc21)\C(C)=C/C. The fourth-order valence-corrected chi connectivity index (χ4v) is 4.13. The fourth-order valence-electron chi connectivity index (χ4n) is 4.13. The highest BCUT2D eigenvalue weighted by atomic mass is 16.2. The molecule has 0 saturated heterocycles. The van der Waals surface area contributed by atoms with Gasteiger partial charge in [-0.1, -0.05) is 37.4 Å². The largest absolute Gasteiger partial charge is 0.309 e. The van der Waals surface area contributed by atoms with Crippen LogP contribution in [0.15, 0.2) is 72.0 Å². The summed E-state index contributed by atoms with van der Waals surface area (Å²) in [7, 11) is 0. The molecule has 2 aliphatic heterocycles. The molecule has 4 rings (SSSR count). The van der Waals surface area contributed by atoms with Crippen LogP contribution in [0.1, 0.15) is 30.7 Å². The van der Waals surface area contributed by atoms with Gasteiger partial charge >= 0.3 is 0 Å². The van der Waals surface area contributed by atoms with Crippen molar-refractivity contribution in [3.05, 3.63) is 83.7 Å². The minimum atomic E-state index is -0.410. The fraction of sp³-hybridized carbons (Fsp3) is 0.231. The highest BCUT2D eigenvalue weighted by Gasteiger charge is 2.25. The van der Waals surface area contributed by atoms with E-state index in [0.717, 1.165) is 58.1 Å². The molecular formula is C26H28N6O2. The number of amides is 2. The molecule has 34 heavy (non-hydrogen) atoms. The maximum atomic E-state index is 13.2. The number of carbonyl (C=O) groups excluding carboxylic acids is 2. The summed E-state index contributed by atoms with van der Waals surface area (Å²) >= 11 is 0. The summed E-state index contributed by atoms with van der Waals surface area (Å²) in [5.41, 5.74) is 10.2. The second-order valence-corrected chi connectivity index (χ2v) is 8.14. The van der Waals surface area contributed by atoms with Crippen LogP contribution in [0.2, 0.25) is 0 Å². The molecule has 0 unspecified atom stereocenters. The van der Waals surface area contributed by atoms with Gasteiger partial charge in [0.15, 0.2) is 0 Å². The zero-order valence-electron chi connectivity index (χ0n) is 19.5. The Balaban J connectivity index is 1.69. The van der Waals surface area contributed by atoms with Crippen LogP contribution in [-0.2, 0) is 22.7 Å². The molecule has 2 amide bonds. The summed E-state index contributed by atoms with van der Waals surface area (Å²) in [6, 6.07) is 6.04. The van der Waals surface area contributed by atoms with E-state index < -0.39 is 5.91 Å². The number of rotatable bonds is 7. The third-order valence-electron chi connectivity index (χ3n) is 6.11. The van der Waals surface area contributed by atoms with Gasteiger partial charge in [0.05, 0.1) is 36.4 Å². The Hall–Kier alpha value is -4.04. The highest BCUT2D eigenvalue weighted by molar-refractivity contribution is 6.12. The smallest absolute Gasteiger partial charge is 0.260 e. The first kappa shape index (κ1) is 23.1. The molecule has 174 valence electrons. The van der Waals surface area contributed by atoms with Crippen LogP contribution in [-0.4, -0.2) is 45.8 Å². The normalized spacial score (nSPS) is 15.6. The summed E-state index contributed by atoms with van der Waals surface area (Å²) in [5, 5.41) is 12.3. The molecule has 2 aliphatic rings. The lowest BCUT2D eigenvalue weighted by molar-refractivity contribution is -0.134. The third kappa shape index (κ3) is 4.27. The van der Waals surface area contributed by atoms with Crippen molar-refractivity contribution < 1.29 is 9.59 Å². The number of hydrogen-bond donors (Lipinski definition) is 2. The Morgan fingerprint density at radius 1 is 1.29 bits per heavy atom. The average Bonchev–Trinajstić information content (AvgIpc) is 3.30. The Morgan fingerprint density at radius 3 is 2.85 bits per heavy atom. The van der Waals surface area contributed by atoms with Crippen molar-refractivity contribution in [2.75, 3.05) is 13.1 Å². The first-order valence-electron chi connectivity index (χ1n) is 11.1. The molecule has 8 heteroatoms. The van der Waals surface area contributed by atoms with Crippen LogP contribution in [0.5, 0.6) is 0 Å². The molecular weight excluding hydrogens is 428 g/mol. The second-order valence-electron chi connectivity index (χ2n) is 8.14. The van der Waals surface area contributed by atoms with Gasteiger partial charge in [-0.3, -0.25) is 24.6 Å². The van der Waals surface area contributed by atoms with Crippen LogP contribution in [0.3, 0.4) is 0 Å². The first-order valence-corrected chi connectivity index (χ1v) is 11.1. The van der Waals surface area contributed by atoms with E-state index in [4.69, 9.17) is 0 Å². The molecule has 0 bridgehead atoms. The molecule has 0 aliphatic carbocycles. The molecule has 1 aromatic heterocycles. The van der Waals surface area contributed by atoms with Crippen LogP contribution in [0, 0.1) is 0 Å². The van der Waals surface area contributed by atoms with Gasteiger partial charge in [-0.2, -0.15) is 10.2 Å². The van der Waals surface area contributed by atoms with Crippen molar-refractivity contribution in [3.8, 4) is 11.1 Å². The van der Waals surface area contributed by atoms with E-state index in [1.54, 1.807) is 6.08 Å². The quantitative estimate of drug-likeness (QED) is 0.380. The van der Waals surface area contributed by atoms with Gasteiger partial charge < -0.3 is 5.32 Å². The molecule has 0 spiro atoms. The van der Waals surface area contributed by atoms with Gasteiger partial charge in [-0.25, -0.2) is 0 Å². The summed E-state index contributed by atoms with van der Waals surface area (Å²) in [4.78, 5) is 26.2. The molecule has 8 nitrogen and oxygen atoms in total. The van der Waals surface area contributed by atoms with Gasteiger partial charge in [0, 0.05) is 35.4 Å². The predicted octanol–water partition coefficient (Wildman–Crippen LogP) is 2.99. The Kier molecular flexibility index (Phi) is 6.70. The van der Waals surface area contributed by atoms with Crippen LogP contribution in [0.4, 0.5) is 0 Å². The lowest BCUT2D eigenvalue weighted by atomic mass is 9.94. The summed E-state index contributed by atoms with van der Waals surface area (Å²) in [6.07, 6.45) is 7.39. The molecule has 2 N–H and O–H groups in total. The first-order chi connectivity index (χ1) is 16.5. The maximum absolute atomic E-state index is 13.2. The lowest BCUT2D eigenvalue weighted by Crippen LogP contribution is -2.38. The van der Waals surface area contributed by atoms with E-state index in [1.165, 1.54) is 6.08 Å². The summed E-state index contributed by atoms with van der Waals surface area (Å²) in [6.45, 7) is 13.9. The lowest BCUT2D eigenvalue weighted by Gasteiger charge is -2.24. The van der Waals surface area contributed by atoms with E-state index in [2.05, 4.69) is 34.1 Å². The molecule has 2 aromatic rings. The molecule has 0 fully saturated rings. The van der Waals surface area contributed by atoms with Crippen molar-refractivity contribution in [2.24, 2.45) is 5.10 Å². The van der Waals surface area contributed by atoms with Gasteiger partial charge in [-0.15, -0.1) is 0 Å². The van der Waals surface area contributed by atoms with E-state index >= 15 is 0 Å². The number of nitrogens with zero attached hydrogens (tertiary/aromatic N) is 4.